The first kappa shape index (κ1) is 15.2. The molecule has 118 valence electrons. The molecule has 3 rings (SSSR count). The molecule has 0 aliphatic rings. The molecule has 1 unspecified atom stereocenters. The van der Waals surface area contributed by atoms with Crippen LogP contribution >= 0.6 is 0 Å². The normalized spacial score (nSPS) is 12.3. The largest absolute Gasteiger partial charge is 0.387 e. The first-order valence-electron chi connectivity index (χ1n) is 7.57. The van der Waals surface area contributed by atoms with Gasteiger partial charge in [-0.1, -0.05) is 42.5 Å². The fourth-order valence-electron chi connectivity index (χ4n) is 2.65. The Kier molecular flexibility index (Phi) is 4.39. The van der Waals surface area contributed by atoms with Gasteiger partial charge in [-0.3, -0.25) is 9.89 Å². The van der Waals surface area contributed by atoms with Crippen molar-refractivity contribution in [1.82, 2.24) is 15.5 Å². The van der Waals surface area contributed by atoms with E-state index in [1.807, 2.05) is 55.5 Å². The van der Waals surface area contributed by atoms with Crippen molar-refractivity contribution in [1.29, 1.82) is 0 Å². The zero-order valence-electron chi connectivity index (χ0n) is 12.9. The van der Waals surface area contributed by atoms with Crippen molar-refractivity contribution >= 4 is 16.8 Å². The van der Waals surface area contributed by atoms with Crippen molar-refractivity contribution in [2.75, 3.05) is 6.54 Å². The van der Waals surface area contributed by atoms with Gasteiger partial charge in [-0.05, 0) is 24.1 Å². The number of aromatic amines is 1. The van der Waals surface area contributed by atoms with Crippen LogP contribution in [0.25, 0.3) is 10.9 Å². The second kappa shape index (κ2) is 6.62. The molecule has 0 spiro atoms. The number of amides is 1. The second-order valence-corrected chi connectivity index (χ2v) is 5.57. The summed E-state index contributed by atoms with van der Waals surface area (Å²) in [5.41, 5.74) is 3.47. The highest BCUT2D eigenvalue weighted by molar-refractivity contribution is 5.87. The van der Waals surface area contributed by atoms with Crippen LogP contribution in [0.2, 0.25) is 0 Å². The molecule has 2 aromatic carbocycles. The van der Waals surface area contributed by atoms with Crippen molar-refractivity contribution < 1.29 is 9.90 Å². The van der Waals surface area contributed by atoms with Crippen molar-refractivity contribution in [3.05, 3.63) is 65.4 Å². The molecule has 3 N–H and O–H groups in total. The van der Waals surface area contributed by atoms with Crippen molar-refractivity contribution in [2.24, 2.45) is 0 Å². The van der Waals surface area contributed by atoms with Crippen LogP contribution in [-0.4, -0.2) is 27.8 Å². The average Bonchev–Trinajstić information content (AvgIpc) is 2.96. The number of benzene rings is 2. The molecule has 0 aliphatic carbocycles. The highest BCUT2D eigenvalue weighted by atomic mass is 16.3. The topological polar surface area (TPSA) is 78.0 Å². The number of carbonyl (C=O) groups is 1. The number of aromatic nitrogens is 2. The van der Waals surface area contributed by atoms with Gasteiger partial charge in [-0.2, -0.15) is 5.10 Å². The fraction of sp³-hybridized carbons (Fsp3) is 0.222. The number of para-hydroxylation sites is 1. The third-order valence-corrected chi connectivity index (χ3v) is 3.92. The van der Waals surface area contributed by atoms with Gasteiger partial charge in [0.15, 0.2) is 0 Å². The molecular weight excluding hydrogens is 290 g/mol. The van der Waals surface area contributed by atoms with Crippen LogP contribution in [0.5, 0.6) is 0 Å². The Balaban J connectivity index is 1.61. The number of hydrogen-bond acceptors (Lipinski definition) is 3. The number of aliphatic hydroxyl groups excluding tert-OH is 1. The van der Waals surface area contributed by atoms with Gasteiger partial charge in [0.25, 0.3) is 0 Å². The van der Waals surface area contributed by atoms with E-state index in [1.54, 1.807) is 0 Å². The maximum absolute atomic E-state index is 12.1. The summed E-state index contributed by atoms with van der Waals surface area (Å²) in [6, 6.07) is 15.3. The Labute approximate surface area is 134 Å². The standard InChI is InChI=1S/C18H19N3O2/c1-12-6-2-3-7-13(12)17(22)11-19-18(23)10-16-14-8-4-5-9-15(14)20-21-16/h2-9,17,22H,10-11H2,1H3,(H,19,23)(H,20,21). The summed E-state index contributed by atoms with van der Waals surface area (Å²) < 4.78 is 0. The second-order valence-electron chi connectivity index (χ2n) is 5.57. The lowest BCUT2D eigenvalue weighted by Crippen LogP contribution is -2.30. The molecule has 0 radical (unpaired) electrons. The maximum Gasteiger partial charge on any atom is 0.226 e. The number of hydrogen-bond donors (Lipinski definition) is 3. The number of nitrogens with one attached hydrogen (secondary N) is 2. The lowest BCUT2D eigenvalue weighted by Gasteiger charge is -2.14. The summed E-state index contributed by atoms with van der Waals surface area (Å²) in [6.45, 7) is 2.13. The van der Waals surface area contributed by atoms with E-state index in [0.717, 1.165) is 27.7 Å². The van der Waals surface area contributed by atoms with Crippen LogP contribution in [0.4, 0.5) is 0 Å². The number of aryl methyl sites for hydroxylation is 1. The molecule has 1 aromatic heterocycles. The van der Waals surface area contributed by atoms with Gasteiger partial charge in [0.2, 0.25) is 5.91 Å². The summed E-state index contributed by atoms with van der Waals surface area (Å²) in [5, 5.41) is 21.0. The van der Waals surface area contributed by atoms with Gasteiger partial charge in [-0.25, -0.2) is 0 Å². The lowest BCUT2D eigenvalue weighted by atomic mass is 10.0. The van der Waals surface area contributed by atoms with Crippen molar-refractivity contribution in [2.45, 2.75) is 19.4 Å². The van der Waals surface area contributed by atoms with Crippen LogP contribution in [-0.2, 0) is 11.2 Å². The molecule has 0 saturated carbocycles. The SMILES string of the molecule is Cc1ccccc1C(O)CNC(=O)Cc1[nH]nc2ccccc12. The summed E-state index contributed by atoms with van der Waals surface area (Å²) in [4.78, 5) is 12.1. The van der Waals surface area contributed by atoms with E-state index in [1.165, 1.54) is 0 Å². The first-order chi connectivity index (χ1) is 11.1. The van der Waals surface area contributed by atoms with Gasteiger partial charge < -0.3 is 10.4 Å². The van der Waals surface area contributed by atoms with Crippen LogP contribution < -0.4 is 5.32 Å². The molecular formula is C18H19N3O2. The Morgan fingerprint density at radius 3 is 2.78 bits per heavy atom. The molecule has 0 fully saturated rings. The minimum atomic E-state index is -0.710. The zero-order chi connectivity index (χ0) is 16.2. The molecule has 1 heterocycles. The number of rotatable bonds is 5. The molecule has 23 heavy (non-hydrogen) atoms. The quantitative estimate of drug-likeness (QED) is 0.676. The molecule has 3 aromatic rings. The van der Waals surface area contributed by atoms with Gasteiger partial charge in [0.1, 0.15) is 0 Å². The monoisotopic (exact) mass is 309 g/mol. The van der Waals surface area contributed by atoms with Crippen LogP contribution in [0.3, 0.4) is 0 Å². The van der Waals surface area contributed by atoms with E-state index in [0.29, 0.717) is 0 Å². The lowest BCUT2D eigenvalue weighted by molar-refractivity contribution is -0.120. The summed E-state index contributed by atoms with van der Waals surface area (Å²) in [7, 11) is 0. The third kappa shape index (κ3) is 3.40. The predicted octanol–water partition coefficient (Wildman–Crippen LogP) is 2.26. The van der Waals surface area contributed by atoms with Gasteiger partial charge in [-0.15, -0.1) is 0 Å². The zero-order valence-corrected chi connectivity index (χ0v) is 12.9. The Bertz CT molecular complexity index is 826. The fourth-order valence-corrected chi connectivity index (χ4v) is 2.65. The number of aliphatic hydroxyl groups is 1. The molecule has 0 saturated heterocycles. The highest BCUT2D eigenvalue weighted by Crippen LogP contribution is 2.17. The number of nitrogens with zero attached hydrogens (tertiary/aromatic N) is 1. The van der Waals surface area contributed by atoms with E-state index >= 15 is 0 Å². The van der Waals surface area contributed by atoms with Gasteiger partial charge >= 0.3 is 0 Å². The van der Waals surface area contributed by atoms with Crippen LogP contribution in [0.15, 0.2) is 48.5 Å². The van der Waals surface area contributed by atoms with Crippen molar-refractivity contribution in [3.63, 3.8) is 0 Å². The van der Waals surface area contributed by atoms with Crippen LogP contribution in [0.1, 0.15) is 22.9 Å². The Hall–Kier alpha value is -2.66. The molecule has 0 bridgehead atoms. The van der Waals surface area contributed by atoms with Crippen LogP contribution in [0, 0.1) is 6.92 Å². The van der Waals surface area contributed by atoms with E-state index in [4.69, 9.17) is 0 Å². The Morgan fingerprint density at radius 1 is 1.22 bits per heavy atom. The Morgan fingerprint density at radius 2 is 1.96 bits per heavy atom. The molecule has 0 aliphatic heterocycles. The molecule has 5 nitrogen and oxygen atoms in total. The van der Waals surface area contributed by atoms with Crippen molar-refractivity contribution in [3.8, 4) is 0 Å². The average molecular weight is 309 g/mol. The predicted molar refractivity (Wildman–Crippen MR) is 88.9 cm³/mol. The molecule has 1 amide bonds. The van der Waals surface area contributed by atoms with E-state index < -0.39 is 6.10 Å². The number of fused-ring (bicyclic) bond motifs is 1. The minimum Gasteiger partial charge on any atom is -0.387 e. The maximum atomic E-state index is 12.1. The number of carbonyl (C=O) groups excluding carboxylic acids is 1. The number of H-pyrrole nitrogens is 1. The van der Waals surface area contributed by atoms with E-state index in [-0.39, 0.29) is 18.9 Å². The molecule has 5 heteroatoms. The van der Waals surface area contributed by atoms with E-state index in [2.05, 4.69) is 15.5 Å². The van der Waals surface area contributed by atoms with Gasteiger partial charge in [0.05, 0.1) is 23.7 Å². The van der Waals surface area contributed by atoms with Gasteiger partial charge in [0, 0.05) is 11.9 Å². The smallest absolute Gasteiger partial charge is 0.226 e. The third-order valence-electron chi connectivity index (χ3n) is 3.92. The summed E-state index contributed by atoms with van der Waals surface area (Å²) in [6.07, 6.45) is -0.500. The summed E-state index contributed by atoms with van der Waals surface area (Å²) >= 11 is 0. The van der Waals surface area contributed by atoms with E-state index in [9.17, 15) is 9.90 Å². The molecule has 1 atom stereocenters. The first-order valence-corrected chi connectivity index (χ1v) is 7.57. The highest BCUT2D eigenvalue weighted by Gasteiger charge is 2.13. The summed E-state index contributed by atoms with van der Waals surface area (Å²) in [5.74, 6) is -0.146. The minimum absolute atomic E-state index is 0.146.